The van der Waals surface area contributed by atoms with Crippen molar-refractivity contribution in [2.45, 2.75) is 261 Å². The van der Waals surface area contributed by atoms with E-state index in [0.717, 1.165) is 14.7 Å². The fourth-order valence-electron chi connectivity index (χ4n) is 16.9. The van der Waals surface area contributed by atoms with Crippen LogP contribution in [0.5, 0.6) is 5.75 Å². The molecule has 41 heteroatoms. The van der Waals surface area contributed by atoms with Gasteiger partial charge in [-0.1, -0.05) is 116 Å². The van der Waals surface area contributed by atoms with Gasteiger partial charge in [-0.25, -0.2) is 0 Å². The van der Waals surface area contributed by atoms with Gasteiger partial charge in [0, 0.05) is 107 Å². The number of nitrogens with two attached hydrogens (primary N) is 4. The number of hydrogen-bond acceptors (Lipinski definition) is 22. The van der Waals surface area contributed by atoms with Gasteiger partial charge in [0.25, 0.3) is 0 Å². The molecule has 8 rings (SSSR count). The molecule has 5 heterocycles. The van der Waals surface area contributed by atoms with Crippen molar-refractivity contribution in [2.24, 2.45) is 34.8 Å². The summed E-state index contributed by atoms with van der Waals surface area (Å²) in [7, 11) is 3.97. The number of para-hydroxylation sites is 2. The fourth-order valence-corrected chi connectivity index (χ4v) is 16.9. The minimum Gasteiger partial charge on any atom is -0.508 e. The molecule has 722 valence electrons. The molecule has 3 aliphatic heterocycles. The smallest absolute Gasteiger partial charge is 0.323 e. The molecule has 0 aliphatic carbocycles. The van der Waals surface area contributed by atoms with Crippen molar-refractivity contribution in [1.82, 2.24) is 87.2 Å². The number of aliphatic hydroxyl groups excluding tert-OH is 1. The number of nitrogens with one attached hydrogen (secondary N) is 11. The minimum atomic E-state index is -1.75. The second-order valence-corrected chi connectivity index (χ2v) is 35.3. The van der Waals surface area contributed by atoms with E-state index in [2.05, 4.69) is 58.2 Å². The Morgan fingerprint density at radius 2 is 1.07 bits per heavy atom. The molecular weight excluding hydrogens is 1710 g/mol. The average molecular weight is 1840 g/mol. The number of aliphatic carboxylic acids is 1. The fraction of sp³-hybridized carbons (Fsp3) is 0.571. The summed E-state index contributed by atoms with van der Waals surface area (Å²) in [5.74, 6) is -16.6. The van der Waals surface area contributed by atoms with Gasteiger partial charge in [0.1, 0.15) is 96.9 Å². The number of phenols is 1. The van der Waals surface area contributed by atoms with Gasteiger partial charge in [-0.3, -0.25) is 81.5 Å². The normalized spacial score (nSPS) is 25.2. The van der Waals surface area contributed by atoms with Crippen molar-refractivity contribution in [3.8, 4) is 5.75 Å². The van der Waals surface area contributed by atoms with Crippen molar-refractivity contribution < 1.29 is 96.8 Å². The summed E-state index contributed by atoms with van der Waals surface area (Å²) >= 11 is 0. The summed E-state index contributed by atoms with van der Waals surface area (Å²) in [5.41, 5.74) is 26.3. The molecule has 0 saturated carbocycles. The quantitative estimate of drug-likeness (QED) is 0.0274. The van der Waals surface area contributed by atoms with E-state index in [9.17, 15) is 63.3 Å². The van der Waals surface area contributed by atoms with Gasteiger partial charge in [0.2, 0.25) is 94.5 Å². The number of unbranched alkanes of at least 4 members (excludes halogenated alkanes) is 3. The minimum absolute atomic E-state index is 0.00501. The number of amides is 16. The molecule has 5 aromatic rings. The van der Waals surface area contributed by atoms with E-state index < -0.39 is 230 Å². The number of nitrogens with zero attached hydrogens (tertiary/aromatic N) is 6. The standard InChI is InChI=1S/C91H133N21O20/c1-11-13-26-71-84(125)100-62(36-50(3)4)81(122)106-69(78(95)119)45-96-46-76(116)98-65(38-53-30-32-56(113)33-31-53)87(128)107(8)52(7)79(120)102-67(42-75(94)115)89(130)111-35-21-29-72(111)85(126)105-68(43-93)83(124)103-64(37-51(5)6)90(131)112-48-57(114)41-74(112)86(127)101-63(39-54-44-97-60-24-17-15-22-58(54)60)82(123)99-61(25-19-20-34-92)80(121)104-66(88(129)109(10)73(27-14-12-2)91(132)108(71)9)40-55-47-110(49-77(117)118)70-28-18-16-23-59(55)70/h15-18,22-24,28,30-33,44,47,50-52,57,61-69,71-74,96-97,113-114H,11-14,19-21,25-27,29,34-43,45-46,48-49,92-93H2,1-10H3,(H2,94,115)(H2,95,119)(H,98,116)(H,99,123)(H,100,125)(H,101,127)(H,102,120)(H,103,124)(H,104,121)(H,105,126)(H,106,122)(H,117,118)/t52-,57+,61-,62?,63-,64-,65-,66-,67-,68-,69-,71-,72-,73-,74-/m0/s1. The highest BCUT2D eigenvalue weighted by Gasteiger charge is 2.47. The van der Waals surface area contributed by atoms with Gasteiger partial charge in [-0.05, 0) is 124 Å². The Kier molecular flexibility index (Phi) is 39.3. The van der Waals surface area contributed by atoms with Crippen LogP contribution < -0.4 is 76.1 Å². The maximum absolute atomic E-state index is 16.0. The molecule has 0 spiro atoms. The first kappa shape index (κ1) is 105. The number of phenolic OH excluding ortho intramolecular Hbond substituents is 1. The topological polar surface area (TPSA) is 612 Å². The third kappa shape index (κ3) is 28.7. The van der Waals surface area contributed by atoms with Crippen molar-refractivity contribution in [3.63, 3.8) is 0 Å². The molecule has 2 aromatic heterocycles. The first-order valence-corrected chi connectivity index (χ1v) is 45.3. The van der Waals surface area contributed by atoms with E-state index in [1.807, 2.05) is 13.8 Å². The summed E-state index contributed by atoms with van der Waals surface area (Å²) in [6.07, 6.45) is 2.04. The van der Waals surface area contributed by atoms with E-state index in [4.69, 9.17) is 22.9 Å². The number of primary amides is 2. The van der Waals surface area contributed by atoms with Crippen LogP contribution in [0.1, 0.15) is 161 Å². The van der Waals surface area contributed by atoms with Gasteiger partial charge in [-0.2, -0.15) is 0 Å². The lowest BCUT2D eigenvalue weighted by atomic mass is 9.99. The van der Waals surface area contributed by atoms with Crippen LogP contribution in [0.25, 0.3) is 21.8 Å². The summed E-state index contributed by atoms with van der Waals surface area (Å²) in [5, 5.41) is 60.0. The molecule has 15 atom stereocenters. The molecule has 3 saturated heterocycles. The largest absolute Gasteiger partial charge is 0.508 e. The molecule has 16 amide bonds. The number of likely N-dealkylation sites (N-methyl/N-ethyl adjacent to an activating group) is 3. The molecule has 0 radical (unpaired) electrons. The number of hydrogen-bond donors (Lipinski definition) is 18. The third-order valence-corrected chi connectivity index (χ3v) is 24.3. The molecule has 1 unspecified atom stereocenters. The average Bonchev–Trinajstić information content (AvgIpc) is 1.62. The van der Waals surface area contributed by atoms with Crippen LogP contribution in [-0.2, 0) is 107 Å². The van der Waals surface area contributed by atoms with Gasteiger partial charge in [0.05, 0.1) is 19.1 Å². The zero-order valence-electron chi connectivity index (χ0n) is 76.9. The predicted octanol–water partition coefficient (Wildman–Crippen LogP) is -1.72. The second-order valence-electron chi connectivity index (χ2n) is 35.3. The monoisotopic (exact) mass is 1840 g/mol. The van der Waals surface area contributed by atoms with Crippen molar-refractivity contribution in [2.75, 3.05) is 60.4 Å². The number of H-pyrrole nitrogens is 1. The first-order valence-electron chi connectivity index (χ1n) is 45.3. The highest BCUT2D eigenvalue weighted by molar-refractivity contribution is 6.02. The number of carbonyl (C=O) groups is 17. The number of aromatic amines is 1. The summed E-state index contributed by atoms with van der Waals surface area (Å²) in [6.45, 7) is 9.38. The summed E-state index contributed by atoms with van der Waals surface area (Å²) < 4.78 is 1.46. The Hall–Kier alpha value is -12.6. The number of fused-ring (bicyclic) bond motifs is 4. The number of carboxylic acid groups (broad SMARTS) is 1. The molecule has 22 N–H and O–H groups in total. The van der Waals surface area contributed by atoms with Crippen molar-refractivity contribution in [3.05, 3.63) is 102 Å². The van der Waals surface area contributed by atoms with Gasteiger partial charge < -0.3 is 125 Å². The lowest BCUT2D eigenvalue weighted by Gasteiger charge is -2.36. The van der Waals surface area contributed by atoms with Crippen LogP contribution in [0.3, 0.4) is 0 Å². The number of aromatic nitrogens is 2. The number of carboxylic acids is 1. The van der Waals surface area contributed by atoms with E-state index in [1.165, 1.54) is 72.9 Å². The number of rotatable bonds is 26. The summed E-state index contributed by atoms with van der Waals surface area (Å²) in [6, 6.07) is -1.61. The van der Waals surface area contributed by atoms with Gasteiger partial charge in [0.15, 0.2) is 0 Å². The number of carbonyl (C=O) groups excluding carboxylic acids is 16. The molecule has 132 heavy (non-hydrogen) atoms. The second kappa shape index (κ2) is 49.6. The molecular formula is C91H133N21O20. The molecule has 3 aliphatic rings. The number of benzene rings is 3. The van der Waals surface area contributed by atoms with Crippen molar-refractivity contribution >= 4 is 122 Å². The zero-order chi connectivity index (χ0) is 97.1. The van der Waals surface area contributed by atoms with Crippen LogP contribution >= 0.6 is 0 Å². The Morgan fingerprint density at radius 3 is 1.71 bits per heavy atom. The maximum atomic E-state index is 16.0. The van der Waals surface area contributed by atoms with Crippen LogP contribution in [0, 0.1) is 11.8 Å². The Balaban J connectivity index is 1.20. The molecule has 0 bridgehead atoms. The predicted molar refractivity (Wildman–Crippen MR) is 486 cm³/mol. The maximum Gasteiger partial charge on any atom is 0.323 e. The van der Waals surface area contributed by atoms with E-state index in [-0.39, 0.29) is 108 Å². The van der Waals surface area contributed by atoms with Crippen LogP contribution in [0.2, 0.25) is 0 Å². The van der Waals surface area contributed by atoms with E-state index in [0.29, 0.717) is 70.6 Å². The van der Waals surface area contributed by atoms with Crippen LogP contribution in [0.15, 0.2) is 85.2 Å². The first-order chi connectivity index (χ1) is 62.7. The highest BCUT2D eigenvalue weighted by atomic mass is 16.4. The molecule has 3 fully saturated rings. The van der Waals surface area contributed by atoms with E-state index >= 15 is 33.6 Å². The molecule has 41 nitrogen and oxygen atoms in total. The van der Waals surface area contributed by atoms with E-state index in [1.54, 1.807) is 82.4 Å². The Bertz CT molecular complexity index is 4920. The lowest BCUT2D eigenvalue weighted by molar-refractivity contribution is -0.149. The van der Waals surface area contributed by atoms with Gasteiger partial charge in [-0.15, -0.1) is 0 Å². The van der Waals surface area contributed by atoms with Gasteiger partial charge >= 0.3 is 5.97 Å². The summed E-state index contributed by atoms with van der Waals surface area (Å²) in [4.78, 5) is 257. The highest BCUT2D eigenvalue weighted by Crippen LogP contribution is 2.29. The number of aliphatic hydroxyl groups is 1. The Labute approximate surface area is 766 Å². The van der Waals surface area contributed by atoms with Crippen LogP contribution in [-0.4, -0.2) is 301 Å². The Morgan fingerprint density at radius 1 is 0.523 bits per heavy atom. The third-order valence-electron chi connectivity index (χ3n) is 24.3. The number of aromatic hydroxyl groups is 1. The zero-order valence-corrected chi connectivity index (χ0v) is 76.9. The SMILES string of the molecule is CCCC[C@H]1C(=O)N(C)[C@@H](CCCC)C(=O)NC(CC(C)C)C(=O)N[C@H](C(N)=O)CNCC(=O)N[C@@H](Cc2ccc(O)cc2)C(=O)N(C)[C@@H](C)C(=O)N[C@@H](CC(N)=O)C(=O)N2CCC[C@H]2C(=O)N[C@@H](CN)C(=O)N[C@@H](CC(C)C)C(=O)N2C[C@H](O)C[C@H]2C(=O)N[C@@H](Cc2c[nH]c3ccccc23)C(=O)N[C@@H](CCCCN)C(=O)N[C@@H](Cc2cn(CC(=O)O)c3ccccc23)C(=O)N1C. The lowest BCUT2D eigenvalue weighted by Crippen LogP contribution is -2.61. The molecule has 3 aromatic carbocycles. The van der Waals surface area contributed by atoms with Crippen LogP contribution in [0.4, 0.5) is 0 Å². The van der Waals surface area contributed by atoms with Crippen molar-refractivity contribution in [1.29, 1.82) is 0 Å².